The zero-order chi connectivity index (χ0) is 16.8. The molecule has 1 aliphatic rings. The number of hydrogen-bond donors (Lipinski definition) is 2. The summed E-state index contributed by atoms with van der Waals surface area (Å²) in [5.41, 5.74) is 0.626. The van der Waals surface area contributed by atoms with Gasteiger partial charge >= 0.3 is 0 Å². The summed E-state index contributed by atoms with van der Waals surface area (Å²) < 4.78 is 5.17. The lowest BCUT2D eigenvalue weighted by Gasteiger charge is -2.14. The van der Waals surface area contributed by atoms with Crippen molar-refractivity contribution in [1.82, 2.24) is 10.2 Å². The molecule has 7 nitrogen and oxygen atoms in total. The fourth-order valence-corrected chi connectivity index (χ4v) is 2.88. The number of para-hydroxylation sites is 2. The molecule has 0 radical (unpaired) electrons. The number of nitrogens with zero attached hydrogens (tertiary/aromatic N) is 1. The molecule has 0 bridgehead atoms. The quantitative estimate of drug-likeness (QED) is 0.777. The number of amides is 3. The maximum Gasteiger partial charge on any atom is 0.288 e. The molecule has 0 spiro atoms. The number of hydrogen-bond acceptors (Lipinski definition) is 6. The standard InChI is InChI=1S/C14H15N3O4S2/c1-21-10-5-3-2-4-9(10)15-13(22)16-11(18)6-7-17-12(19)8-23-14(17)20/h2-5H,6-8H2,1H3,(H2,15,16,18,22). The van der Waals surface area contributed by atoms with Crippen molar-refractivity contribution in [1.29, 1.82) is 0 Å². The third-order valence-corrected chi connectivity index (χ3v) is 4.07. The first-order valence-electron chi connectivity index (χ1n) is 6.72. The molecule has 122 valence electrons. The van der Waals surface area contributed by atoms with Gasteiger partial charge in [-0.3, -0.25) is 19.3 Å². The molecule has 0 atom stereocenters. The average Bonchev–Trinajstić information content (AvgIpc) is 2.84. The van der Waals surface area contributed by atoms with E-state index in [-0.39, 0.29) is 40.9 Å². The Morgan fingerprint density at radius 2 is 2.13 bits per heavy atom. The first-order valence-corrected chi connectivity index (χ1v) is 8.11. The number of nitrogens with one attached hydrogen (secondary N) is 2. The van der Waals surface area contributed by atoms with E-state index in [1.807, 2.05) is 6.07 Å². The number of imide groups is 1. The molecule has 1 aromatic carbocycles. The maximum absolute atomic E-state index is 11.8. The predicted molar refractivity (Wildman–Crippen MR) is 91.5 cm³/mol. The van der Waals surface area contributed by atoms with E-state index in [4.69, 9.17) is 17.0 Å². The number of thioether (sulfide) groups is 1. The second-order valence-corrected chi connectivity index (χ2v) is 5.89. The normalized spacial score (nSPS) is 13.9. The van der Waals surface area contributed by atoms with Crippen LogP contribution in [0.4, 0.5) is 10.5 Å². The van der Waals surface area contributed by atoms with Crippen LogP contribution in [0.25, 0.3) is 0 Å². The fourth-order valence-electron chi connectivity index (χ4n) is 1.90. The van der Waals surface area contributed by atoms with Crippen LogP contribution < -0.4 is 15.4 Å². The van der Waals surface area contributed by atoms with E-state index in [2.05, 4.69) is 10.6 Å². The molecule has 3 amide bonds. The number of benzene rings is 1. The Morgan fingerprint density at radius 1 is 1.39 bits per heavy atom. The summed E-state index contributed by atoms with van der Waals surface area (Å²) in [5.74, 6) is 0.0700. The Balaban J connectivity index is 1.82. The zero-order valence-corrected chi connectivity index (χ0v) is 14.0. The maximum atomic E-state index is 11.8. The van der Waals surface area contributed by atoms with E-state index in [9.17, 15) is 14.4 Å². The van der Waals surface area contributed by atoms with Gasteiger partial charge in [-0.2, -0.15) is 0 Å². The lowest BCUT2D eigenvalue weighted by atomic mass is 10.3. The van der Waals surface area contributed by atoms with Crippen molar-refractivity contribution >= 4 is 51.8 Å². The van der Waals surface area contributed by atoms with Gasteiger partial charge in [0, 0.05) is 13.0 Å². The van der Waals surface area contributed by atoms with Crippen LogP contribution in [0.5, 0.6) is 5.75 Å². The minimum atomic E-state index is -0.380. The monoisotopic (exact) mass is 353 g/mol. The SMILES string of the molecule is COc1ccccc1NC(=S)NC(=O)CCN1C(=O)CSC1=O. The highest BCUT2D eigenvalue weighted by Crippen LogP contribution is 2.22. The minimum absolute atomic E-state index is 0.00815. The van der Waals surface area contributed by atoms with Crippen LogP contribution in [0.1, 0.15) is 6.42 Å². The van der Waals surface area contributed by atoms with Gasteiger partial charge < -0.3 is 15.4 Å². The van der Waals surface area contributed by atoms with E-state index < -0.39 is 0 Å². The smallest absolute Gasteiger partial charge is 0.288 e. The van der Waals surface area contributed by atoms with Crippen LogP contribution in [-0.4, -0.2) is 46.5 Å². The second-order valence-electron chi connectivity index (χ2n) is 4.55. The molecule has 0 unspecified atom stereocenters. The number of carbonyl (C=O) groups is 3. The van der Waals surface area contributed by atoms with Crippen LogP contribution in [0.2, 0.25) is 0 Å². The van der Waals surface area contributed by atoms with Crippen molar-refractivity contribution in [2.24, 2.45) is 0 Å². The number of ether oxygens (including phenoxy) is 1. The lowest BCUT2D eigenvalue weighted by Crippen LogP contribution is -2.37. The average molecular weight is 353 g/mol. The summed E-state index contributed by atoms with van der Waals surface area (Å²) >= 11 is 6.00. The van der Waals surface area contributed by atoms with Gasteiger partial charge in [0.15, 0.2) is 5.11 Å². The minimum Gasteiger partial charge on any atom is -0.495 e. The molecule has 1 aliphatic heterocycles. The number of carbonyl (C=O) groups excluding carboxylic acids is 3. The molecule has 1 saturated heterocycles. The van der Waals surface area contributed by atoms with Crippen LogP contribution in [0.3, 0.4) is 0 Å². The Morgan fingerprint density at radius 3 is 2.78 bits per heavy atom. The van der Waals surface area contributed by atoms with Gasteiger partial charge in [-0.05, 0) is 24.4 Å². The molecule has 0 aliphatic carbocycles. The highest BCUT2D eigenvalue weighted by atomic mass is 32.2. The Labute approximate surface area is 142 Å². The summed E-state index contributed by atoms with van der Waals surface area (Å²) in [5, 5.41) is 5.16. The number of rotatable bonds is 5. The summed E-state index contributed by atoms with van der Waals surface area (Å²) in [6.45, 7) is 0.0494. The molecule has 1 heterocycles. The second kappa shape index (κ2) is 7.93. The molecule has 1 aromatic rings. The summed E-state index contributed by atoms with van der Waals surface area (Å²) in [4.78, 5) is 35.8. The molecule has 2 rings (SSSR count). The Kier molecular flexibility index (Phi) is 5.94. The van der Waals surface area contributed by atoms with E-state index in [1.165, 1.54) is 7.11 Å². The Hall–Kier alpha value is -2.13. The van der Waals surface area contributed by atoms with Gasteiger partial charge in [-0.1, -0.05) is 23.9 Å². The van der Waals surface area contributed by atoms with Crippen LogP contribution >= 0.6 is 24.0 Å². The van der Waals surface area contributed by atoms with E-state index >= 15 is 0 Å². The molecule has 2 N–H and O–H groups in total. The van der Waals surface area contributed by atoms with Gasteiger partial charge in [0.1, 0.15) is 5.75 Å². The van der Waals surface area contributed by atoms with Crippen molar-refractivity contribution < 1.29 is 19.1 Å². The molecule has 23 heavy (non-hydrogen) atoms. The predicted octanol–water partition coefficient (Wildman–Crippen LogP) is 1.59. The molecule has 0 saturated carbocycles. The highest BCUT2D eigenvalue weighted by molar-refractivity contribution is 8.14. The molecular weight excluding hydrogens is 338 g/mol. The van der Waals surface area contributed by atoms with E-state index in [0.717, 1.165) is 16.7 Å². The van der Waals surface area contributed by atoms with Crippen LogP contribution in [0.15, 0.2) is 24.3 Å². The molecule has 9 heteroatoms. The van der Waals surface area contributed by atoms with Crippen molar-refractivity contribution in [2.45, 2.75) is 6.42 Å². The zero-order valence-electron chi connectivity index (χ0n) is 12.3. The largest absolute Gasteiger partial charge is 0.495 e. The van der Waals surface area contributed by atoms with Crippen molar-refractivity contribution in [3.63, 3.8) is 0 Å². The topological polar surface area (TPSA) is 87.7 Å². The van der Waals surface area contributed by atoms with E-state index in [1.54, 1.807) is 18.2 Å². The third-order valence-electron chi connectivity index (χ3n) is 3.01. The van der Waals surface area contributed by atoms with Crippen molar-refractivity contribution in [3.8, 4) is 5.75 Å². The number of thiocarbonyl (C=S) groups is 1. The third kappa shape index (κ3) is 4.67. The van der Waals surface area contributed by atoms with E-state index in [0.29, 0.717) is 11.4 Å². The van der Waals surface area contributed by atoms with Crippen LogP contribution in [0, 0.1) is 0 Å². The van der Waals surface area contributed by atoms with Crippen LogP contribution in [-0.2, 0) is 9.59 Å². The van der Waals surface area contributed by atoms with Crippen molar-refractivity contribution in [2.75, 3.05) is 24.7 Å². The molecular formula is C14H15N3O4S2. The summed E-state index contributed by atoms with van der Waals surface area (Å²) in [6, 6.07) is 7.14. The molecule has 0 aromatic heterocycles. The van der Waals surface area contributed by atoms with Crippen molar-refractivity contribution in [3.05, 3.63) is 24.3 Å². The van der Waals surface area contributed by atoms with Gasteiger partial charge in [0.25, 0.3) is 5.24 Å². The first-order chi connectivity index (χ1) is 11.0. The lowest BCUT2D eigenvalue weighted by molar-refractivity contribution is -0.125. The number of anilines is 1. The fraction of sp³-hybridized carbons (Fsp3) is 0.286. The first kappa shape index (κ1) is 17.2. The van der Waals surface area contributed by atoms with Gasteiger partial charge in [0.05, 0.1) is 18.6 Å². The summed E-state index contributed by atoms with van der Waals surface area (Å²) in [7, 11) is 1.53. The number of methoxy groups -OCH3 is 1. The van der Waals surface area contributed by atoms with Gasteiger partial charge in [-0.15, -0.1) is 0 Å². The summed E-state index contributed by atoms with van der Waals surface area (Å²) in [6.07, 6.45) is -0.00815. The van der Waals surface area contributed by atoms with Gasteiger partial charge in [0.2, 0.25) is 11.8 Å². The Bertz CT molecular complexity index is 635. The molecule has 1 fully saturated rings. The highest BCUT2D eigenvalue weighted by Gasteiger charge is 2.29. The van der Waals surface area contributed by atoms with Gasteiger partial charge in [-0.25, -0.2) is 0 Å².